The first-order valence-corrected chi connectivity index (χ1v) is 5.76. The summed E-state index contributed by atoms with van der Waals surface area (Å²) in [5.41, 5.74) is 0. The number of rotatable bonds is 2. The Morgan fingerprint density at radius 1 is 1.29 bits per heavy atom. The zero-order chi connectivity index (χ0) is 10.1. The summed E-state index contributed by atoms with van der Waals surface area (Å²) >= 11 is 8.44. The van der Waals surface area contributed by atoms with Crippen LogP contribution in [0.3, 0.4) is 0 Å². The molecule has 0 bridgehead atoms. The van der Waals surface area contributed by atoms with Crippen molar-refractivity contribution in [2.45, 2.75) is 6.92 Å². The number of hydrogen-bond donors (Lipinski definition) is 0. The van der Waals surface area contributed by atoms with Crippen LogP contribution < -0.4 is 0 Å². The van der Waals surface area contributed by atoms with Gasteiger partial charge in [-0.05, 0) is 0 Å². The number of carbonyl (C=O) groups is 1. The fourth-order valence-corrected chi connectivity index (χ4v) is 2.65. The fraction of sp³-hybridized carbons (Fsp3) is 0.125. The molecule has 6 heteroatoms. The van der Waals surface area contributed by atoms with Crippen molar-refractivity contribution >= 4 is 40.1 Å². The molecule has 2 aromatic heterocycles. The maximum absolute atomic E-state index is 11.0. The molecule has 0 atom stereocenters. The zero-order valence-electron chi connectivity index (χ0n) is 7.15. The van der Waals surface area contributed by atoms with Gasteiger partial charge >= 0.3 is 0 Å². The lowest BCUT2D eigenvalue weighted by molar-refractivity contribution is 0.102. The van der Waals surface area contributed by atoms with Gasteiger partial charge in [0.25, 0.3) is 0 Å². The fourth-order valence-electron chi connectivity index (χ4n) is 0.889. The van der Waals surface area contributed by atoms with E-state index in [-0.39, 0.29) is 5.78 Å². The van der Waals surface area contributed by atoms with Crippen molar-refractivity contribution in [1.29, 1.82) is 0 Å². The van der Waals surface area contributed by atoms with Gasteiger partial charge in [-0.3, -0.25) is 4.79 Å². The number of carbonyl (C=O) groups excluding carboxylic acids is 1. The maximum atomic E-state index is 11.0. The summed E-state index contributed by atoms with van der Waals surface area (Å²) in [5.74, 6) is 0.0244. The highest BCUT2D eigenvalue weighted by molar-refractivity contribution is 7.24. The molecule has 0 radical (unpaired) electrons. The lowest BCUT2D eigenvalue weighted by Crippen LogP contribution is -1.83. The van der Waals surface area contributed by atoms with Crippen molar-refractivity contribution in [3.63, 3.8) is 0 Å². The molecule has 0 fully saturated rings. The van der Waals surface area contributed by atoms with Crippen LogP contribution in [0.1, 0.15) is 16.6 Å². The Balaban J connectivity index is 2.38. The van der Waals surface area contributed by atoms with Crippen LogP contribution in [0.5, 0.6) is 0 Å². The van der Waals surface area contributed by atoms with Crippen molar-refractivity contribution in [3.8, 4) is 10.0 Å². The average Bonchev–Trinajstić information content (AvgIpc) is 2.70. The van der Waals surface area contributed by atoms with Gasteiger partial charge in [-0.25, -0.2) is 9.97 Å². The second-order valence-corrected chi connectivity index (χ2v) is 5.25. The first-order chi connectivity index (χ1) is 6.66. The highest BCUT2D eigenvalue weighted by Gasteiger charge is 2.10. The van der Waals surface area contributed by atoms with Crippen LogP contribution in [0.2, 0.25) is 4.34 Å². The van der Waals surface area contributed by atoms with E-state index in [1.54, 1.807) is 12.4 Å². The second kappa shape index (κ2) is 3.76. The van der Waals surface area contributed by atoms with Crippen LogP contribution in [0.15, 0.2) is 12.4 Å². The van der Waals surface area contributed by atoms with Crippen molar-refractivity contribution < 1.29 is 4.79 Å². The molecule has 0 saturated heterocycles. The molecule has 14 heavy (non-hydrogen) atoms. The molecule has 0 aliphatic heterocycles. The summed E-state index contributed by atoms with van der Waals surface area (Å²) in [5, 5.41) is 1.50. The van der Waals surface area contributed by atoms with Gasteiger partial charge in [0.1, 0.15) is 4.34 Å². The Kier molecular flexibility index (Phi) is 2.62. The van der Waals surface area contributed by atoms with Crippen LogP contribution in [-0.4, -0.2) is 15.8 Å². The predicted molar refractivity (Wildman–Crippen MR) is 58.2 cm³/mol. The molecule has 0 saturated carbocycles. The number of halogens is 1. The Bertz CT molecular complexity index is 477. The van der Waals surface area contributed by atoms with Gasteiger partial charge in [-0.1, -0.05) is 22.9 Å². The van der Waals surface area contributed by atoms with E-state index in [4.69, 9.17) is 11.6 Å². The van der Waals surface area contributed by atoms with Gasteiger partial charge in [-0.2, -0.15) is 0 Å². The Hall–Kier alpha value is -0.780. The van der Waals surface area contributed by atoms with Gasteiger partial charge in [-0.15, -0.1) is 11.3 Å². The lowest BCUT2D eigenvalue weighted by Gasteiger charge is -1.84. The zero-order valence-corrected chi connectivity index (χ0v) is 9.54. The normalized spacial score (nSPS) is 10.4. The molecule has 3 nitrogen and oxygen atoms in total. The molecule has 0 unspecified atom stereocenters. The molecule has 0 N–H and O–H groups in total. The third-order valence-corrected chi connectivity index (χ3v) is 3.87. The SMILES string of the molecule is CC(=O)c1cnc(-c2ncc(Cl)s2)s1. The van der Waals surface area contributed by atoms with Crippen LogP contribution >= 0.6 is 34.3 Å². The number of Topliss-reactive ketones (excluding diaryl/α,β-unsaturated/α-hetero) is 1. The Morgan fingerprint density at radius 2 is 1.93 bits per heavy atom. The first-order valence-electron chi connectivity index (χ1n) is 3.75. The van der Waals surface area contributed by atoms with E-state index in [0.29, 0.717) is 9.21 Å². The number of hydrogen-bond acceptors (Lipinski definition) is 5. The third-order valence-electron chi connectivity index (χ3n) is 1.51. The number of nitrogens with zero attached hydrogens (tertiary/aromatic N) is 2. The summed E-state index contributed by atoms with van der Waals surface area (Å²) in [6.07, 6.45) is 3.15. The highest BCUT2D eigenvalue weighted by atomic mass is 35.5. The molecule has 2 heterocycles. The minimum Gasteiger partial charge on any atom is -0.294 e. The van der Waals surface area contributed by atoms with E-state index in [2.05, 4.69) is 9.97 Å². The maximum Gasteiger partial charge on any atom is 0.171 e. The summed E-state index contributed by atoms with van der Waals surface area (Å²) in [4.78, 5) is 19.9. The minimum atomic E-state index is 0.0244. The van der Waals surface area contributed by atoms with Gasteiger partial charge in [0.05, 0.1) is 11.1 Å². The first kappa shape index (κ1) is 9.76. The topological polar surface area (TPSA) is 42.9 Å². The number of thiazole rings is 2. The summed E-state index contributed by atoms with van der Waals surface area (Å²) in [7, 11) is 0. The third kappa shape index (κ3) is 1.84. The van der Waals surface area contributed by atoms with Crippen molar-refractivity contribution in [2.75, 3.05) is 0 Å². The van der Waals surface area contributed by atoms with Crippen LogP contribution in [0.4, 0.5) is 0 Å². The molecule has 0 amide bonds. The van der Waals surface area contributed by atoms with Crippen molar-refractivity contribution in [3.05, 3.63) is 21.6 Å². The highest BCUT2D eigenvalue weighted by Crippen LogP contribution is 2.31. The molecule has 72 valence electrons. The molecule has 2 rings (SSSR count). The van der Waals surface area contributed by atoms with Crippen LogP contribution in [-0.2, 0) is 0 Å². The van der Waals surface area contributed by atoms with Gasteiger partial charge in [0.15, 0.2) is 15.8 Å². The van der Waals surface area contributed by atoms with Gasteiger partial charge in [0, 0.05) is 13.1 Å². The van der Waals surface area contributed by atoms with E-state index in [1.165, 1.54) is 29.6 Å². The summed E-state index contributed by atoms with van der Waals surface area (Å²) < 4.78 is 0.625. The molecule has 2 aromatic rings. The van der Waals surface area contributed by atoms with Crippen molar-refractivity contribution in [1.82, 2.24) is 9.97 Å². The van der Waals surface area contributed by atoms with Crippen LogP contribution in [0, 0.1) is 0 Å². The van der Waals surface area contributed by atoms with Gasteiger partial charge < -0.3 is 0 Å². The molecule has 0 aliphatic rings. The smallest absolute Gasteiger partial charge is 0.171 e. The van der Waals surface area contributed by atoms with E-state index >= 15 is 0 Å². The molecule has 0 spiro atoms. The molecule has 0 aromatic carbocycles. The predicted octanol–water partition coefficient (Wildman–Crippen LogP) is 3.12. The van der Waals surface area contributed by atoms with E-state index < -0.39 is 0 Å². The molecular weight excluding hydrogens is 240 g/mol. The van der Waals surface area contributed by atoms with Gasteiger partial charge in [0.2, 0.25) is 0 Å². The Labute approximate surface area is 93.4 Å². The summed E-state index contributed by atoms with van der Waals surface area (Å²) in [6.45, 7) is 1.52. The Morgan fingerprint density at radius 3 is 2.43 bits per heavy atom. The lowest BCUT2D eigenvalue weighted by atomic mass is 10.4. The van der Waals surface area contributed by atoms with Crippen molar-refractivity contribution in [2.24, 2.45) is 0 Å². The second-order valence-electron chi connectivity index (χ2n) is 2.56. The average molecular weight is 245 g/mol. The molecule has 0 aliphatic carbocycles. The monoisotopic (exact) mass is 244 g/mol. The number of aromatic nitrogens is 2. The largest absolute Gasteiger partial charge is 0.294 e. The quantitative estimate of drug-likeness (QED) is 0.763. The minimum absolute atomic E-state index is 0.0244. The van der Waals surface area contributed by atoms with Crippen LogP contribution in [0.25, 0.3) is 10.0 Å². The van der Waals surface area contributed by atoms with E-state index in [0.717, 1.165) is 10.0 Å². The number of ketones is 1. The van der Waals surface area contributed by atoms with E-state index in [9.17, 15) is 4.79 Å². The standard InChI is InChI=1S/C8H5ClN2OS2/c1-4(12)5-2-10-7(13-5)8-11-3-6(9)14-8/h2-3H,1H3. The van der Waals surface area contributed by atoms with E-state index in [1.807, 2.05) is 0 Å². The summed E-state index contributed by atoms with van der Waals surface area (Å²) in [6, 6.07) is 0. The molecular formula is C8H5ClN2OS2.